The summed E-state index contributed by atoms with van der Waals surface area (Å²) in [5, 5.41) is 6.21. The molecular formula is C14H23N3O5. The maximum absolute atomic E-state index is 11.4. The van der Waals surface area contributed by atoms with Crippen LogP contribution < -0.4 is 10.6 Å². The number of hydrogen-bond donors (Lipinski definition) is 2. The molecule has 4 amide bonds. The molecule has 0 aliphatic carbocycles. The number of amides is 4. The van der Waals surface area contributed by atoms with Crippen LogP contribution >= 0.6 is 0 Å². The molecule has 2 N–H and O–H groups in total. The summed E-state index contributed by atoms with van der Waals surface area (Å²) in [5.41, 5.74) is 0. The van der Waals surface area contributed by atoms with E-state index in [4.69, 9.17) is 4.84 Å². The minimum atomic E-state index is -0.350. The SMILES string of the molecule is CC(=O)NCCCCC(CON1C(=O)CCC1=O)NC(C)=O. The minimum absolute atomic E-state index is 0.0667. The Morgan fingerprint density at radius 2 is 1.77 bits per heavy atom. The van der Waals surface area contributed by atoms with Gasteiger partial charge in [-0.3, -0.25) is 24.0 Å². The van der Waals surface area contributed by atoms with Crippen molar-refractivity contribution in [3.05, 3.63) is 0 Å². The summed E-state index contributed by atoms with van der Waals surface area (Å²) in [6, 6.07) is -0.281. The highest BCUT2D eigenvalue weighted by molar-refractivity contribution is 6.00. The number of hydroxylamine groups is 2. The molecule has 0 aromatic carbocycles. The lowest BCUT2D eigenvalue weighted by atomic mass is 10.1. The molecule has 0 aromatic rings. The molecule has 124 valence electrons. The van der Waals surface area contributed by atoms with Gasteiger partial charge in [0.15, 0.2) is 0 Å². The molecule has 1 heterocycles. The second-order valence-corrected chi connectivity index (χ2v) is 5.25. The molecule has 0 aromatic heterocycles. The molecule has 8 heteroatoms. The molecule has 0 saturated carbocycles. The fourth-order valence-electron chi connectivity index (χ4n) is 2.13. The van der Waals surface area contributed by atoms with E-state index in [9.17, 15) is 19.2 Å². The number of hydrogen-bond acceptors (Lipinski definition) is 5. The van der Waals surface area contributed by atoms with Gasteiger partial charge in [-0.25, -0.2) is 0 Å². The van der Waals surface area contributed by atoms with E-state index in [-0.39, 0.29) is 49.1 Å². The van der Waals surface area contributed by atoms with Gasteiger partial charge in [0.2, 0.25) is 11.8 Å². The number of carbonyl (C=O) groups excluding carboxylic acids is 4. The van der Waals surface area contributed by atoms with E-state index in [0.717, 1.165) is 17.9 Å². The first kappa shape index (κ1) is 18.1. The molecular weight excluding hydrogens is 290 g/mol. The number of imide groups is 1. The second kappa shape index (κ2) is 9.14. The molecule has 1 aliphatic rings. The standard InChI is InChI=1S/C14H23N3O5/c1-10(18)15-8-4-3-5-12(16-11(2)19)9-22-17-13(20)6-7-14(17)21/h12H,3-9H2,1-2H3,(H,15,18)(H,16,19). The normalized spacial score (nSPS) is 15.8. The van der Waals surface area contributed by atoms with Crippen LogP contribution in [-0.4, -0.2) is 47.9 Å². The van der Waals surface area contributed by atoms with Crippen molar-refractivity contribution >= 4 is 23.6 Å². The Labute approximate surface area is 129 Å². The van der Waals surface area contributed by atoms with Gasteiger partial charge in [0.05, 0.1) is 12.6 Å². The first-order valence-electron chi connectivity index (χ1n) is 7.40. The molecule has 0 bridgehead atoms. The van der Waals surface area contributed by atoms with Gasteiger partial charge in [0.25, 0.3) is 11.8 Å². The monoisotopic (exact) mass is 313 g/mol. The zero-order chi connectivity index (χ0) is 16.5. The van der Waals surface area contributed by atoms with Gasteiger partial charge in [-0.2, -0.15) is 5.06 Å². The third-order valence-electron chi connectivity index (χ3n) is 3.17. The molecule has 22 heavy (non-hydrogen) atoms. The van der Waals surface area contributed by atoms with Crippen LogP contribution in [0.4, 0.5) is 0 Å². The van der Waals surface area contributed by atoms with E-state index >= 15 is 0 Å². The van der Waals surface area contributed by atoms with E-state index in [0.29, 0.717) is 13.0 Å². The van der Waals surface area contributed by atoms with Crippen LogP contribution in [0.1, 0.15) is 46.0 Å². The fourth-order valence-corrected chi connectivity index (χ4v) is 2.13. The van der Waals surface area contributed by atoms with Gasteiger partial charge in [0.1, 0.15) is 0 Å². The summed E-state index contributed by atoms with van der Waals surface area (Å²) in [6.07, 6.45) is 2.52. The average Bonchev–Trinajstić information content (AvgIpc) is 2.74. The van der Waals surface area contributed by atoms with Crippen LogP contribution in [0.3, 0.4) is 0 Å². The number of nitrogens with zero attached hydrogens (tertiary/aromatic N) is 1. The Morgan fingerprint density at radius 1 is 1.14 bits per heavy atom. The zero-order valence-corrected chi connectivity index (χ0v) is 13.0. The molecule has 1 saturated heterocycles. The number of nitrogens with one attached hydrogen (secondary N) is 2. The van der Waals surface area contributed by atoms with Crippen molar-refractivity contribution < 1.29 is 24.0 Å². The van der Waals surface area contributed by atoms with E-state index < -0.39 is 0 Å². The summed E-state index contributed by atoms with van der Waals surface area (Å²) in [6.45, 7) is 3.50. The highest BCUT2D eigenvalue weighted by Gasteiger charge is 2.30. The highest BCUT2D eigenvalue weighted by Crippen LogP contribution is 2.13. The summed E-state index contributed by atoms with van der Waals surface area (Å²) in [7, 11) is 0. The fraction of sp³-hybridized carbons (Fsp3) is 0.714. The van der Waals surface area contributed by atoms with Crippen LogP contribution in [0.2, 0.25) is 0 Å². The summed E-state index contributed by atoms with van der Waals surface area (Å²) in [5.74, 6) is -0.975. The molecule has 1 fully saturated rings. The first-order chi connectivity index (χ1) is 10.4. The molecule has 8 nitrogen and oxygen atoms in total. The largest absolute Gasteiger partial charge is 0.356 e. The number of unbranched alkanes of at least 4 members (excludes halogenated alkanes) is 1. The van der Waals surface area contributed by atoms with Crippen LogP contribution in [0.25, 0.3) is 0 Å². The summed E-state index contributed by atoms with van der Waals surface area (Å²) >= 11 is 0. The van der Waals surface area contributed by atoms with Gasteiger partial charge >= 0.3 is 0 Å². The molecule has 1 atom stereocenters. The van der Waals surface area contributed by atoms with Gasteiger partial charge in [-0.15, -0.1) is 0 Å². The number of carbonyl (C=O) groups is 4. The van der Waals surface area contributed by atoms with Crippen LogP contribution in [0.15, 0.2) is 0 Å². The van der Waals surface area contributed by atoms with Crippen molar-refractivity contribution in [3.63, 3.8) is 0 Å². The van der Waals surface area contributed by atoms with E-state index in [2.05, 4.69) is 10.6 Å². The lowest BCUT2D eigenvalue weighted by Crippen LogP contribution is -2.40. The topological polar surface area (TPSA) is 105 Å². The van der Waals surface area contributed by atoms with Crippen LogP contribution in [0.5, 0.6) is 0 Å². The van der Waals surface area contributed by atoms with Crippen molar-refractivity contribution in [3.8, 4) is 0 Å². The van der Waals surface area contributed by atoms with Crippen LogP contribution in [0, 0.1) is 0 Å². The Morgan fingerprint density at radius 3 is 2.32 bits per heavy atom. The Hall–Kier alpha value is -1.96. The molecule has 0 radical (unpaired) electrons. The third-order valence-corrected chi connectivity index (χ3v) is 3.17. The van der Waals surface area contributed by atoms with Crippen molar-refractivity contribution in [2.45, 2.75) is 52.0 Å². The Balaban J connectivity index is 2.33. The van der Waals surface area contributed by atoms with Crippen molar-refractivity contribution in [1.29, 1.82) is 0 Å². The summed E-state index contributed by atoms with van der Waals surface area (Å²) < 4.78 is 0. The van der Waals surface area contributed by atoms with E-state index in [1.165, 1.54) is 13.8 Å². The molecule has 0 spiro atoms. The minimum Gasteiger partial charge on any atom is -0.356 e. The van der Waals surface area contributed by atoms with Gasteiger partial charge < -0.3 is 10.6 Å². The van der Waals surface area contributed by atoms with Crippen molar-refractivity contribution in [2.24, 2.45) is 0 Å². The highest BCUT2D eigenvalue weighted by atomic mass is 16.7. The predicted octanol–water partition coefficient (Wildman–Crippen LogP) is -0.122. The number of rotatable bonds is 9. The third kappa shape index (κ3) is 6.66. The average molecular weight is 313 g/mol. The Bertz CT molecular complexity index is 422. The molecule has 1 rings (SSSR count). The van der Waals surface area contributed by atoms with Gasteiger partial charge in [0, 0.05) is 33.2 Å². The predicted molar refractivity (Wildman–Crippen MR) is 77.2 cm³/mol. The van der Waals surface area contributed by atoms with Gasteiger partial charge in [-0.05, 0) is 19.3 Å². The maximum Gasteiger partial charge on any atom is 0.253 e. The summed E-state index contributed by atoms with van der Waals surface area (Å²) in [4.78, 5) is 50.0. The van der Waals surface area contributed by atoms with Gasteiger partial charge in [-0.1, -0.05) is 0 Å². The van der Waals surface area contributed by atoms with E-state index in [1.54, 1.807) is 0 Å². The van der Waals surface area contributed by atoms with Crippen molar-refractivity contribution in [2.75, 3.05) is 13.2 Å². The van der Waals surface area contributed by atoms with Crippen molar-refractivity contribution in [1.82, 2.24) is 15.7 Å². The lowest BCUT2D eigenvalue weighted by molar-refractivity contribution is -0.189. The smallest absolute Gasteiger partial charge is 0.253 e. The quantitative estimate of drug-likeness (QED) is 0.456. The first-order valence-corrected chi connectivity index (χ1v) is 7.40. The Kier molecular flexibility index (Phi) is 7.51. The second-order valence-electron chi connectivity index (χ2n) is 5.25. The molecule has 1 unspecified atom stereocenters. The molecule has 1 aliphatic heterocycles. The van der Waals surface area contributed by atoms with Crippen LogP contribution in [-0.2, 0) is 24.0 Å². The maximum atomic E-state index is 11.4. The zero-order valence-electron chi connectivity index (χ0n) is 13.0. The van der Waals surface area contributed by atoms with E-state index in [1.807, 2.05) is 0 Å². The lowest BCUT2D eigenvalue weighted by Gasteiger charge is -2.20.